The first-order valence-corrected chi connectivity index (χ1v) is 7.38. The Balaban J connectivity index is 2.37. The van der Waals surface area contributed by atoms with E-state index >= 15 is 0 Å². The first-order chi connectivity index (χ1) is 8.30. The van der Waals surface area contributed by atoms with Crippen molar-refractivity contribution in [3.05, 3.63) is 33.8 Å². The molecule has 3 heteroatoms. The highest BCUT2D eigenvalue weighted by molar-refractivity contribution is 9.10. The SMILES string of the molecule is Cc1ccc(C2C(N)CCN2C(C)(C)C)cc1Br. The fourth-order valence-electron chi connectivity index (χ4n) is 2.79. The van der Waals surface area contributed by atoms with E-state index in [0.29, 0.717) is 6.04 Å². The number of nitrogens with zero attached hydrogens (tertiary/aromatic N) is 1. The molecule has 2 atom stereocenters. The second-order valence-corrected chi connectivity index (χ2v) is 7.12. The molecule has 0 radical (unpaired) electrons. The average Bonchev–Trinajstić information content (AvgIpc) is 2.64. The van der Waals surface area contributed by atoms with Crippen LogP contribution in [0.3, 0.4) is 0 Å². The number of hydrogen-bond acceptors (Lipinski definition) is 2. The predicted molar refractivity (Wildman–Crippen MR) is 80.7 cm³/mol. The van der Waals surface area contributed by atoms with E-state index < -0.39 is 0 Å². The van der Waals surface area contributed by atoms with Crippen LogP contribution in [0.25, 0.3) is 0 Å². The topological polar surface area (TPSA) is 29.3 Å². The summed E-state index contributed by atoms with van der Waals surface area (Å²) in [4.78, 5) is 2.52. The molecule has 1 aromatic carbocycles. The molecule has 0 amide bonds. The van der Waals surface area contributed by atoms with Gasteiger partial charge in [-0.2, -0.15) is 0 Å². The highest BCUT2D eigenvalue weighted by Crippen LogP contribution is 2.37. The van der Waals surface area contributed by atoms with Crippen LogP contribution >= 0.6 is 15.9 Å². The molecule has 2 rings (SSSR count). The summed E-state index contributed by atoms with van der Waals surface area (Å²) >= 11 is 3.62. The fraction of sp³-hybridized carbons (Fsp3) is 0.600. The fourth-order valence-corrected chi connectivity index (χ4v) is 3.19. The van der Waals surface area contributed by atoms with E-state index in [1.54, 1.807) is 0 Å². The molecule has 1 heterocycles. The van der Waals surface area contributed by atoms with Crippen LogP contribution in [-0.4, -0.2) is 23.0 Å². The molecule has 1 saturated heterocycles. The molecular weight excluding hydrogens is 288 g/mol. The molecule has 2 unspecified atom stereocenters. The molecule has 1 aliphatic heterocycles. The first-order valence-electron chi connectivity index (χ1n) is 6.59. The molecule has 2 N–H and O–H groups in total. The van der Waals surface area contributed by atoms with Gasteiger partial charge < -0.3 is 5.73 Å². The number of hydrogen-bond donors (Lipinski definition) is 1. The van der Waals surface area contributed by atoms with Crippen LogP contribution in [0, 0.1) is 6.92 Å². The van der Waals surface area contributed by atoms with Crippen molar-refractivity contribution in [2.75, 3.05) is 6.54 Å². The lowest BCUT2D eigenvalue weighted by molar-refractivity contribution is 0.117. The van der Waals surface area contributed by atoms with Gasteiger partial charge in [0.25, 0.3) is 0 Å². The lowest BCUT2D eigenvalue weighted by Gasteiger charge is -2.38. The maximum Gasteiger partial charge on any atom is 0.0505 e. The Kier molecular flexibility index (Phi) is 3.86. The molecular formula is C15H23BrN2. The number of halogens is 1. The maximum atomic E-state index is 6.33. The Labute approximate surface area is 119 Å². The van der Waals surface area contributed by atoms with Crippen molar-refractivity contribution in [1.82, 2.24) is 4.90 Å². The van der Waals surface area contributed by atoms with Crippen molar-refractivity contribution in [2.24, 2.45) is 5.73 Å². The van der Waals surface area contributed by atoms with Crippen LogP contribution in [0.2, 0.25) is 0 Å². The van der Waals surface area contributed by atoms with Gasteiger partial charge in [0.1, 0.15) is 0 Å². The van der Waals surface area contributed by atoms with Crippen molar-refractivity contribution >= 4 is 15.9 Å². The number of aryl methyl sites for hydroxylation is 1. The monoisotopic (exact) mass is 310 g/mol. The van der Waals surface area contributed by atoms with E-state index in [1.165, 1.54) is 15.6 Å². The third-order valence-corrected chi connectivity index (χ3v) is 4.70. The Morgan fingerprint density at radius 1 is 1.33 bits per heavy atom. The zero-order valence-corrected chi connectivity index (χ0v) is 13.3. The summed E-state index contributed by atoms with van der Waals surface area (Å²) in [5.74, 6) is 0. The number of rotatable bonds is 1. The molecule has 0 aliphatic carbocycles. The molecule has 0 aromatic heterocycles. The van der Waals surface area contributed by atoms with Crippen LogP contribution in [0.4, 0.5) is 0 Å². The number of nitrogens with two attached hydrogens (primary N) is 1. The Bertz CT molecular complexity index is 437. The van der Waals surface area contributed by atoms with Crippen molar-refractivity contribution < 1.29 is 0 Å². The minimum absolute atomic E-state index is 0.163. The third-order valence-electron chi connectivity index (χ3n) is 3.84. The number of benzene rings is 1. The maximum absolute atomic E-state index is 6.33. The first kappa shape index (κ1) is 14.0. The summed E-state index contributed by atoms with van der Waals surface area (Å²) < 4.78 is 1.17. The van der Waals surface area contributed by atoms with Gasteiger partial charge in [-0.05, 0) is 51.3 Å². The summed E-state index contributed by atoms with van der Waals surface area (Å²) in [6, 6.07) is 7.19. The van der Waals surface area contributed by atoms with Crippen LogP contribution in [-0.2, 0) is 0 Å². The zero-order chi connectivity index (χ0) is 13.5. The second-order valence-electron chi connectivity index (χ2n) is 6.27. The van der Waals surface area contributed by atoms with Crippen LogP contribution < -0.4 is 5.73 Å². The Morgan fingerprint density at radius 2 is 2.00 bits per heavy atom. The molecule has 1 fully saturated rings. The van der Waals surface area contributed by atoms with E-state index in [-0.39, 0.29) is 11.6 Å². The van der Waals surface area contributed by atoms with Crippen LogP contribution in [0.1, 0.15) is 44.4 Å². The smallest absolute Gasteiger partial charge is 0.0505 e. The van der Waals surface area contributed by atoms with Crippen molar-refractivity contribution in [3.8, 4) is 0 Å². The quantitative estimate of drug-likeness (QED) is 0.858. The lowest BCUT2D eigenvalue weighted by atomic mass is 9.96. The van der Waals surface area contributed by atoms with E-state index in [0.717, 1.165) is 13.0 Å². The molecule has 0 saturated carbocycles. The van der Waals surface area contributed by atoms with Crippen LogP contribution in [0.15, 0.2) is 22.7 Å². The highest BCUT2D eigenvalue weighted by Gasteiger charge is 2.38. The molecule has 100 valence electrons. The van der Waals surface area contributed by atoms with Gasteiger partial charge >= 0.3 is 0 Å². The summed E-state index contributed by atoms with van der Waals surface area (Å²) in [5.41, 5.74) is 9.09. The van der Waals surface area contributed by atoms with Crippen molar-refractivity contribution in [3.63, 3.8) is 0 Å². The normalized spacial score (nSPS) is 25.7. The van der Waals surface area contributed by atoms with Gasteiger partial charge in [0.15, 0.2) is 0 Å². The zero-order valence-electron chi connectivity index (χ0n) is 11.7. The lowest BCUT2D eigenvalue weighted by Crippen LogP contribution is -2.43. The van der Waals surface area contributed by atoms with Crippen molar-refractivity contribution in [1.29, 1.82) is 0 Å². The average molecular weight is 311 g/mol. The van der Waals surface area contributed by atoms with Gasteiger partial charge in [0.2, 0.25) is 0 Å². The molecule has 0 spiro atoms. The summed E-state index contributed by atoms with van der Waals surface area (Å²) in [6.07, 6.45) is 1.08. The van der Waals surface area contributed by atoms with Gasteiger partial charge in [-0.15, -0.1) is 0 Å². The predicted octanol–water partition coefficient (Wildman–Crippen LogP) is 3.63. The van der Waals surface area contributed by atoms with Gasteiger partial charge in [0, 0.05) is 22.6 Å². The largest absolute Gasteiger partial charge is 0.326 e. The van der Waals surface area contributed by atoms with E-state index in [2.05, 4.69) is 66.7 Å². The Morgan fingerprint density at radius 3 is 2.56 bits per heavy atom. The number of likely N-dealkylation sites (tertiary alicyclic amines) is 1. The van der Waals surface area contributed by atoms with E-state index in [1.807, 2.05) is 0 Å². The molecule has 2 nitrogen and oxygen atoms in total. The molecule has 0 bridgehead atoms. The minimum atomic E-state index is 0.163. The summed E-state index contributed by atoms with van der Waals surface area (Å²) in [5, 5.41) is 0. The van der Waals surface area contributed by atoms with Gasteiger partial charge in [0.05, 0.1) is 6.04 Å². The summed E-state index contributed by atoms with van der Waals surface area (Å²) in [6.45, 7) is 9.99. The van der Waals surface area contributed by atoms with Crippen molar-refractivity contribution in [2.45, 2.75) is 51.7 Å². The Hall–Kier alpha value is -0.380. The highest BCUT2D eigenvalue weighted by atomic mass is 79.9. The third kappa shape index (κ3) is 2.63. The van der Waals surface area contributed by atoms with Crippen LogP contribution in [0.5, 0.6) is 0 Å². The van der Waals surface area contributed by atoms with E-state index in [4.69, 9.17) is 5.73 Å². The van der Waals surface area contributed by atoms with Gasteiger partial charge in [-0.3, -0.25) is 4.90 Å². The van der Waals surface area contributed by atoms with Gasteiger partial charge in [-0.25, -0.2) is 0 Å². The molecule has 18 heavy (non-hydrogen) atoms. The minimum Gasteiger partial charge on any atom is -0.326 e. The molecule has 1 aromatic rings. The standard InChI is InChI=1S/C15H23BrN2/c1-10-5-6-11(9-12(10)16)14-13(17)7-8-18(14)15(2,3)4/h5-6,9,13-14H,7-8,17H2,1-4H3. The second kappa shape index (κ2) is 4.95. The van der Waals surface area contributed by atoms with Gasteiger partial charge in [-0.1, -0.05) is 28.1 Å². The molecule has 1 aliphatic rings. The van der Waals surface area contributed by atoms with E-state index in [9.17, 15) is 0 Å². The summed E-state index contributed by atoms with van der Waals surface area (Å²) in [7, 11) is 0.